The van der Waals surface area contributed by atoms with Crippen LogP contribution < -0.4 is 5.32 Å². The van der Waals surface area contributed by atoms with Crippen molar-refractivity contribution in [2.45, 2.75) is 18.8 Å². The minimum atomic E-state index is -2.51. The van der Waals surface area contributed by atoms with E-state index in [1.165, 1.54) is 0 Å². The van der Waals surface area contributed by atoms with Crippen molar-refractivity contribution in [2.75, 3.05) is 6.54 Å². The molecule has 2 rings (SSSR count). The molecule has 3 nitrogen and oxygen atoms in total. The Morgan fingerprint density at radius 1 is 1.62 bits per heavy atom. The van der Waals surface area contributed by atoms with E-state index in [9.17, 15) is 13.6 Å². The lowest BCUT2D eigenvalue weighted by atomic mass is 9.81. The van der Waals surface area contributed by atoms with Gasteiger partial charge in [0.15, 0.2) is 0 Å². The molecule has 16 heavy (non-hydrogen) atoms. The Hall–Kier alpha value is -1.39. The van der Waals surface area contributed by atoms with E-state index in [2.05, 4.69) is 5.32 Å². The molecule has 1 N–H and O–H groups in total. The summed E-state index contributed by atoms with van der Waals surface area (Å²) in [5.74, 6) is -2.79. The second kappa shape index (κ2) is 3.88. The predicted molar refractivity (Wildman–Crippen MR) is 55.4 cm³/mol. The van der Waals surface area contributed by atoms with Crippen molar-refractivity contribution in [1.29, 1.82) is 0 Å². The van der Waals surface area contributed by atoms with Crippen LogP contribution in [0, 0.1) is 5.92 Å². The highest BCUT2D eigenvalue weighted by molar-refractivity contribution is 5.93. The molecule has 0 atom stereocenters. The molecule has 1 fully saturated rings. The van der Waals surface area contributed by atoms with Crippen LogP contribution in [0.5, 0.6) is 0 Å². The van der Waals surface area contributed by atoms with Gasteiger partial charge in [-0.2, -0.15) is 0 Å². The summed E-state index contributed by atoms with van der Waals surface area (Å²) in [4.78, 5) is 11.6. The molecule has 5 heteroatoms. The van der Waals surface area contributed by atoms with Crippen molar-refractivity contribution in [2.24, 2.45) is 13.0 Å². The van der Waals surface area contributed by atoms with Crippen LogP contribution >= 0.6 is 0 Å². The summed E-state index contributed by atoms with van der Waals surface area (Å²) >= 11 is 0. The summed E-state index contributed by atoms with van der Waals surface area (Å²) in [5, 5.41) is 2.67. The lowest BCUT2D eigenvalue weighted by Crippen LogP contribution is -2.42. The molecule has 0 radical (unpaired) electrons. The lowest BCUT2D eigenvalue weighted by molar-refractivity contribution is -0.108. The van der Waals surface area contributed by atoms with E-state index in [4.69, 9.17) is 0 Å². The largest absolute Gasteiger partial charge is 0.356 e. The third kappa shape index (κ3) is 2.40. The number of hydrogen-bond donors (Lipinski definition) is 1. The number of amides is 1. The maximum atomic E-state index is 12.5. The Balaban J connectivity index is 1.77. The quantitative estimate of drug-likeness (QED) is 0.841. The van der Waals surface area contributed by atoms with Crippen LogP contribution in [0.1, 0.15) is 23.2 Å². The Morgan fingerprint density at radius 2 is 2.31 bits per heavy atom. The highest BCUT2D eigenvalue weighted by atomic mass is 19.3. The zero-order valence-electron chi connectivity index (χ0n) is 9.04. The summed E-state index contributed by atoms with van der Waals surface area (Å²) in [5.41, 5.74) is 0.564. The molecule has 0 unspecified atom stereocenters. The molecule has 88 valence electrons. The number of halogens is 2. The molecule has 1 aromatic rings. The maximum Gasteiger partial charge on any atom is 0.252 e. The number of rotatable bonds is 3. The van der Waals surface area contributed by atoms with Gasteiger partial charge in [0, 0.05) is 38.8 Å². The minimum Gasteiger partial charge on any atom is -0.356 e. The van der Waals surface area contributed by atoms with Gasteiger partial charge in [-0.05, 0) is 12.0 Å². The fraction of sp³-hybridized carbons (Fsp3) is 0.545. The van der Waals surface area contributed by atoms with Gasteiger partial charge in [-0.15, -0.1) is 0 Å². The number of nitrogens with one attached hydrogen (secondary N) is 1. The van der Waals surface area contributed by atoms with E-state index in [0.29, 0.717) is 12.1 Å². The molecule has 0 bridgehead atoms. The number of hydrogen-bond acceptors (Lipinski definition) is 1. The number of carbonyl (C=O) groups excluding carboxylic acids is 1. The molecule has 1 aromatic heterocycles. The van der Waals surface area contributed by atoms with Crippen LogP contribution in [0.4, 0.5) is 8.78 Å². The van der Waals surface area contributed by atoms with E-state index in [-0.39, 0.29) is 24.7 Å². The summed E-state index contributed by atoms with van der Waals surface area (Å²) in [6.45, 7) is 0.337. The highest BCUT2D eigenvalue weighted by Crippen LogP contribution is 2.41. The van der Waals surface area contributed by atoms with Gasteiger partial charge in [-0.3, -0.25) is 4.79 Å². The van der Waals surface area contributed by atoms with Crippen molar-refractivity contribution >= 4 is 5.91 Å². The van der Waals surface area contributed by atoms with Crippen molar-refractivity contribution in [3.8, 4) is 0 Å². The highest BCUT2D eigenvalue weighted by Gasteiger charge is 2.44. The summed E-state index contributed by atoms with van der Waals surface area (Å²) in [7, 11) is 1.82. The zero-order chi connectivity index (χ0) is 11.8. The molecular weight excluding hydrogens is 214 g/mol. The second-order valence-corrected chi connectivity index (χ2v) is 4.41. The molecular formula is C11H14F2N2O. The Morgan fingerprint density at radius 3 is 2.81 bits per heavy atom. The van der Waals surface area contributed by atoms with Crippen LogP contribution in [0.2, 0.25) is 0 Å². The van der Waals surface area contributed by atoms with Crippen molar-refractivity contribution in [1.82, 2.24) is 9.88 Å². The van der Waals surface area contributed by atoms with Gasteiger partial charge in [0.2, 0.25) is 5.92 Å². The van der Waals surface area contributed by atoms with Crippen LogP contribution in [0.25, 0.3) is 0 Å². The third-order valence-corrected chi connectivity index (χ3v) is 2.82. The molecule has 1 saturated carbocycles. The number of aryl methyl sites for hydroxylation is 1. The molecule has 1 heterocycles. The van der Waals surface area contributed by atoms with E-state index >= 15 is 0 Å². The van der Waals surface area contributed by atoms with Crippen LogP contribution in [-0.2, 0) is 7.05 Å². The predicted octanol–water partition coefficient (Wildman–Crippen LogP) is 1.80. The first-order valence-electron chi connectivity index (χ1n) is 5.24. The zero-order valence-corrected chi connectivity index (χ0v) is 9.04. The van der Waals surface area contributed by atoms with E-state index in [1.807, 2.05) is 7.05 Å². The first kappa shape index (κ1) is 11.1. The lowest BCUT2D eigenvalue weighted by Gasteiger charge is -2.34. The average molecular weight is 228 g/mol. The molecule has 1 amide bonds. The molecule has 1 aliphatic rings. The van der Waals surface area contributed by atoms with Gasteiger partial charge in [-0.1, -0.05) is 0 Å². The third-order valence-electron chi connectivity index (χ3n) is 2.82. The molecule has 1 aliphatic carbocycles. The second-order valence-electron chi connectivity index (χ2n) is 4.41. The van der Waals surface area contributed by atoms with Crippen LogP contribution in [-0.4, -0.2) is 22.9 Å². The minimum absolute atomic E-state index is 0.0809. The number of carbonyl (C=O) groups is 1. The Bertz CT molecular complexity index is 392. The Labute approximate surface area is 92.4 Å². The first-order chi connectivity index (χ1) is 7.46. The molecule has 0 aliphatic heterocycles. The van der Waals surface area contributed by atoms with Gasteiger partial charge in [0.1, 0.15) is 0 Å². The van der Waals surface area contributed by atoms with Gasteiger partial charge >= 0.3 is 0 Å². The first-order valence-corrected chi connectivity index (χ1v) is 5.24. The van der Waals surface area contributed by atoms with Crippen molar-refractivity contribution in [3.05, 3.63) is 24.0 Å². The number of nitrogens with zero attached hydrogens (tertiary/aromatic N) is 1. The van der Waals surface area contributed by atoms with Crippen molar-refractivity contribution < 1.29 is 13.6 Å². The maximum absolute atomic E-state index is 12.5. The van der Waals surface area contributed by atoms with Gasteiger partial charge < -0.3 is 9.88 Å². The summed E-state index contributed by atoms with van der Waals surface area (Å²) in [6, 6.07) is 1.70. The SMILES string of the molecule is Cn1ccc(C(=O)NCC2CC(F)(F)C2)c1. The summed E-state index contributed by atoms with van der Waals surface area (Å²) < 4.78 is 26.8. The topological polar surface area (TPSA) is 34.0 Å². The molecule has 0 saturated heterocycles. The fourth-order valence-corrected chi connectivity index (χ4v) is 1.91. The fourth-order valence-electron chi connectivity index (χ4n) is 1.91. The van der Waals surface area contributed by atoms with E-state index < -0.39 is 5.92 Å². The standard InChI is InChI=1S/C11H14F2N2O/c1-15-3-2-9(7-15)10(16)14-6-8-4-11(12,13)5-8/h2-3,7-8H,4-6H2,1H3,(H,14,16). The van der Waals surface area contributed by atoms with Gasteiger partial charge in [0.05, 0.1) is 5.56 Å². The average Bonchev–Trinajstić information content (AvgIpc) is 2.57. The molecule has 0 aromatic carbocycles. The van der Waals surface area contributed by atoms with E-state index in [0.717, 1.165) is 0 Å². The number of aromatic nitrogens is 1. The molecule has 0 spiro atoms. The smallest absolute Gasteiger partial charge is 0.252 e. The van der Waals surface area contributed by atoms with Gasteiger partial charge in [0.25, 0.3) is 5.91 Å². The van der Waals surface area contributed by atoms with Gasteiger partial charge in [-0.25, -0.2) is 8.78 Å². The van der Waals surface area contributed by atoms with E-state index in [1.54, 1.807) is 23.0 Å². The normalized spacial score (nSPS) is 19.2. The number of alkyl halides is 2. The monoisotopic (exact) mass is 228 g/mol. The van der Waals surface area contributed by atoms with Crippen LogP contribution in [0.3, 0.4) is 0 Å². The Kier molecular flexibility index (Phi) is 2.69. The van der Waals surface area contributed by atoms with Crippen molar-refractivity contribution in [3.63, 3.8) is 0 Å². The van der Waals surface area contributed by atoms with Crippen LogP contribution in [0.15, 0.2) is 18.5 Å². The summed E-state index contributed by atoms with van der Waals surface area (Å²) in [6.07, 6.45) is 3.25.